The Morgan fingerprint density at radius 2 is 1.71 bits per heavy atom. The van der Waals surface area contributed by atoms with Gasteiger partial charge in [0.1, 0.15) is 5.69 Å². The van der Waals surface area contributed by atoms with Crippen LogP contribution < -0.4 is 5.32 Å². The molecule has 2 aromatic rings. The van der Waals surface area contributed by atoms with E-state index in [9.17, 15) is 18.5 Å². The van der Waals surface area contributed by atoms with Crippen molar-refractivity contribution in [1.29, 1.82) is 0 Å². The molecule has 11 heteroatoms. The second-order valence-electron chi connectivity index (χ2n) is 8.66. The van der Waals surface area contributed by atoms with Gasteiger partial charge >= 0.3 is 0 Å². The molecule has 2 aliphatic heterocycles. The molecule has 0 radical (unpaired) electrons. The molecule has 0 aliphatic carbocycles. The highest BCUT2D eigenvalue weighted by Gasteiger charge is 2.30. The number of anilines is 1. The average molecular weight is 490 g/mol. The molecule has 0 amide bonds. The predicted molar refractivity (Wildman–Crippen MR) is 129 cm³/mol. The summed E-state index contributed by atoms with van der Waals surface area (Å²) in [5.41, 5.74) is 1.04. The number of hydrogen-bond donors (Lipinski definition) is 1. The minimum atomic E-state index is -3.81. The van der Waals surface area contributed by atoms with E-state index in [1.807, 2.05) is 37.4 Å². The van der Waals surface area contributed by atoms with Crippen LogP contribution in [-0.2, 0) is 14.8 Å². The van der Waals surface area contributed by atoms with Crippen LogP contribution in [0.25, 0.3) is 0 Å². The molecule has 0 bridgehead atoms. The Morgan fingerprint density at radius 3 is 2.35 bits per heavy atom. The molecule has 0 spiro atoms. The predicted octanol–water partition coefficient (Wildman–Crippen LogP) is 2.02. The quantitative estimate of drug-likeness (QED) is 0.443. The Morgan fingerprint density at radius 1 is 1.03 bits per heavy atom. The number of benzene rings is 2. The zero-order valence-corrected chi connectivity index (χ0v) is 20.1. The Labute approximate surface area is 200 Å². The second-order valence-corrected chi connectivity index (χ2v) is 10.6. The van der Waals surface area contributed by atoms with Crippen LogP contribution in [0.2, 0.25) is 0 Å². The Hall–Kier alpha value is -2.57. The molecular weight excluding hydrogens is 458 g/mol. The third-order valence-corrected chi connectivity index (χ3v) is 8.24. The van der Waals surface area contributed by atoms with Gasteiger partial charge in [0.2, 0.25) is 10.0 Å². The first kappa shape index (κ1) is 24.6. The molecule has 0 aromatic heterocycles. The molecule has 4 rings (SSSR count). The molecule has 0 saturated carbocycles. The third kappa shape index (κ3) is 5.73. The van der Waals surface area contributed by atoms with E-state index in [-0.39, 0.29) is 16.6 Å². The Balaban J connectivity index is 1.61. The van der Waals surface area contributed by atoms with E-state index in [0.29, 0.717) is 51.6 Å². The summed E-state index contributed by atoms with van der Waals surface area (Å²) in [6.07, 6.45) is 0. The molecule has 1 atom stereocenters. The van der Waals surface area contributed by atoms with Crippen molar-refractivity contribution in [3.63, 3.8) is 0 Å². The van der Waals surface area contributed by atoms with Gasteiger partial charge in [-0.05, 0) is 24.7 Å². The Kier molecular flexibility index (Phi) is 7.79. The first-order valence-corrected chi connectivity index (χ1v) is 12.9. The molecule has 184 valence electrons. The molecule has 2 heterocycles. The smallest absolute Gasteiger partial charge is 0.293 e. The second kappa shape index (κ2) is 10.8. The van der Waals surface area contributed by atoms with Crippen molar-refractivity contribution in [1.82, 2.24) is 14.1 Å². The summed E-state index contributed by atoms with van der Waals surface area (Å²) < 4.78 is 33.1. The fourth-order valence-electron chi connectivity index (χ4n) is 4.27. The molecule has 10 nitrogen and oxygen atoms in total. The summed E-state index contributed by atoms with van der Waals surface area (Å²) in [6.45, 7) is 5.50. The van der Waals surface area contributed by atoms with Gasteiger partial charge in [-0.3, -0.25) is 15.0 Å². The van der Waals surface area contributed by atoms with Gasteiger partial charge in [-0.2, -0.15) is 4.31 Å². The lowest BCUT2D eigenvalue weighted by Crippen LogP contribution is -2.47. The number of rotatable bonds is 8. The van der Waals surface area contributed by atoms with Gasteiger partial charge in [0.05, 0.1) is 29.1 Å². The lowest BCUT2D eigenvalue weighted by atomic mass is 10.1. The molecule has 2 fully saturated rings. The highest BCUT2D eigenvalue weighted by atomic mass is 32.2. The Bertz CT molecular complexity index is 1080. The normalized spacial score (nSPS) is 19.6. The van der Waals surface area contributed by atoms with Gasteiger partial charge in [0.15, 0.2) is 0 Å². The summed E-state index contributed by atoms with van der Waals surface area (Å²) >= 11 is 0. The van der Waals surface area contributed by atoms with Crippen LogP contribution in [-0.4, -0.2) is 93.5 Å². The minimum absolute atomic E-state index is 0.0567. The summed E-state index contributed by atoms with van der Waals surface area (Å²) in [6, 6.07) is 13.7. The van der Waals surface area contributed by atoms with Crippen LogP contribution in [0.4, 0.5) is 11.4 Å². The third-order valence-electron chi connectivity index (χ3n) is 6.34. The maximum atomic E-state index is 13.1. The van der Waals surface area contributed by atoms with E-state index in [0.717, 1.165) is 18.7 Å². The van der Waals surface area contributed by atoms with Gasteiger partial charge in [-0.25, -0.2) is 8.42 Å². The van der Waals surface area contributed by atoms with Crippen molar-refractivity contribution in [3.8, 4) is 0 Å². The van der Waals surface area contributed by atoms with Gasteiger partial charge in [0, 0.05) is 51.9 Å². The van der Waals surface area contributed by atoms with Crippen molar-refractivity contribution in [2.75, 3.05) is 71.4 Å². The number of nitro groups is 1. The van der Waals surface area contributed by atoms with E-state index < -0.39 is 14.9 Å². The maximum Gasteiger partial charge on any atom is 0.293 e. The van der Waals surface area contributed by atoms with Gasteiger partial charge in [0.25, 0.3) is 5.69 Å². The van der Waals surface area contributed by atoms with Crippen LogP contribution in [0.5, 0.6) is 0 Å². The highest BCUT2D eigenvalue weighted by molar-refractivity contribution is 7.89. The van der Waals surface area contributed by atoms with E-state index >= 15 is 0 Å². The average Bonchev–Trinajstić information content (AvgIpc) is 2.85. The number of nitrogens with zero attached hydrogens (tertiary/aromatic N) is 4. The van der Waals surface area contributed by atoms with Crippen molar-refractivity contribution in [2.45, 2.75) is 10.9 Å². The zero-order valence-electron chi connectivity index (χ0n) is 19.3. The molecule has 34 heavy (non-hydrogen) atoms. The number of sulfonamides is 1. The van der Waals surface area contributed by atoms with Crippen molar-refractivity contribution in [2.24, 2.45) is 0 Å². The van der Waals surface area contributed by atoms with Crippen LogP contribution in [0, 0.1) is 10.1 Å². The largest absolute Gasteiger partial charge is 0.379 e. The number of likely N-dealkylation sites (N-methyl/N-ethyl adjacent to an activating group) is 1. The first-order chi connectivity index (χ1) is 16.3. The fourth-order valence-corrected chi connectivity index (χ4v) is 5.71. The van der Waals surface area contributed by atoms with Crippen molar-refractivity contribution < 1.29 is 18.1 Å². The zero-order chi connectivity index (χ0) is 24.1. The number of piperazine rings is 1. The molecular formula is C23H31N5O5S. The standard InChI is InChI=1S/C23H31N5O5S/c1-25-9-11-27(12-10-25)34(31,32)20-7-8-21(23(17-20)28(29)30)24-22(19-5-3-2-4-6-19)18-26-13-15-33-16-14-26/h2-8,17,22,24H,9-16,18H2,1H3/t22-/m1/s1. The van der Waals surface area contributed by atoms with Crippen molar-refractivity contribution >= 4 is 21.4 Å². The van der Waals surface area contributed by atoms with Gasteiger partial charge < -0.3 is 15.0 Å². The van der Waals surface area contributed by atoms with Gasteiger partial charge in [-0.1, -0.05) is 30.3 Å². The first-order valence-electron chi connectivity index (χ1n) is 11.4. The van der Waals surface area contributed by atoms with E-state index in [4.69, 9.17) is 4.74 Å². The van der Waals surface area contributed by atoms with Crippen molar-refractivity contribution in [3.05, 3.63) is 64.2 Å². The maximum absolute atomic E-state index is 13.1. The molecule has 2 aromatic carbocycles. The molecule has 2 saturated heterocycles. The number of hydrogen-bond acceptors (Lipinski definition) is 8. The molecule has 0 unspecified atom stereocenters. The summed E-state index contributed by atoms with van der Waals surface area (Å²) in [7, 11) is -1.87. The van der Waals surface area contributed by atoms with E-state index in [1.54, 1.807) is 0 Å². The monoisotopic (exact) mass is 489 g/mol. The number of morpholine rings is 1. The number of nitrogens with one attached hydrogen (secondary N) is 1. The summed E-state index contributed by atoms with van der Waals surface area (Å²) in [4.78, 5) is 15.7. The van der Waals surface area contributed by atoms with Crippen LogP contribution >= 0.6 is 0 Å². The summed E-state index contributed by atoms with van der Waals surface area (Å²) in [5.74, 6) is 0. The van der Waals surface area contributed by atoms with E-state index in [2.05, 4.69) is 15.1 Å². The lowest BCUT2D eigenvalue weighted by Gasteiger charge is -2.32. The van der Waals surface area contributed by atoms with Crippen LogP contribution in [0.1, 0.15) is 11.6 Å². The van der Waals surface area contributed by atoms with Gasteiger partial charge in [-0.15, -0.1) is 0 Å². The van der Waals surface area contributed by atoms with E-state index in [1.165, 1.54) is 22.5 Å². The summed E-state index contributed by atoms with van der Waals surface area (Å²) in [5, 5.41) is 15.3. The molecule has 2 aliphatic rings. The number of nitro benzene ring substituents is 1. The fraction of sp³-hybridized carbons (Fsp3) is 0.478. The van der Waals surface area contributed by atoms with Crippen LogP contribution in [0.3, 0.4) is 0 Å². The topological polar surface area (TPSA) is 108 Å². The number of ether oxygens (including phenoxy) is 1. The molecule has 1 N–H and O–H groups in total. The SMILES string of the molecule is CN1CCN(S(=O)(=O)c2ccc(N[C@H](CN3CCOCC3)c3ccccc3)c([N+](=O)[O-])c2)CC1. The lowest BCUT2D eigenvalue weighted by molar-refractivity contribution is -0.384. The van der Waals surface area contributed by atoms with Crippen LogP contribution in [0.15, 0.2) is 53.4 Å². The highest BCUT2D eigenvalue weighted by Crippen LogP contribution is 2.32. The minimum Gasteiger partial charge on any atom is -0.379 e.